The van der Waals surface area contributed by atoms with Crippen LogP contribution in [0.2, 0.25) is 0 Å². The van der Waals surface area contributed by atoms with Gasteiger partial charge >= 0.3 is 0 Å². The molecule has 0 spiro atoms. The molecule has 0 aliphatic carbocycles. The van der Waals surface area contributed by atoms with Crippen molar-refractivity contribution in [1.82, 2.24) is 4.90 Å². The van der Waals surface area contributed by atoms with Crippen molar-refractivity contribution in [1.29, 1.82) is 0 Å². The number of aliphatic hydroxyl groups is 1. The Labute approximate surface area is 124 Å². The van der Waals surface area contributed by atoms with Gasteiger partial charge in [-0.05, 0) is 24.6 Å². The Morgan fingerprint density at radius 3 is 2.90 bits per heavy atom. The molecule has 21 heavy (non-hydrogen) atoms. The number of amides is 1. The first kappa shape index (κ1) is 15.4. The maximum atomic E-state index is 12.5. The fraction of sp³-hybridized carbons (Fsp3) is 0.438. The van der Waals surface area contributed by atoms with Gasteiger partial charge in [0.15, 0.2) is 0 Å². The second-order valence-corrected chi connectivity index (χ2v) is 4.77. The summed E-state index contributed by atoms with van der Waals surface area (Å²) in [5.74, 6) is 5.92. The lowest BCUT2D eigenvalue weighted by atomic mass is 10.1. The van der Waals surface area contributed by atoms with Gasteiger partial charge in [-0.3, -0.25) is 4.79 Å². The highest BCUT2D eigenvalue weighted by Crippen LogP contribution is 2.21. The van der Waals surface area contributed by atoms with Gasteiger partial charge < -0.3 is 19.5 Å². The molecule has 1 N–H and O–H groups in total. The van der Waals surface area contributed by atoms with Gasteiger partial charge in [0, 0.05) is 25.8 Å². The molecule has 1 aromatic rings. The van der Waals surface area contributed by atoms with Crippen molar-refractivity contribution in [2.75, 3.05) is 33.9 Å². The summed E-state index contributed by atoms with van der Waals surface area (Å²) in [6.45, 7) is 1.07. The molecule has 1 atom stereocenters. The maximum absolute atomic E-state index is 12.5. The molecule has 1 unspecified atom stereocenters. The van der Waals surface area contributed by atoms with E-state index in [4.69, 9.17) is 14.6 Å². The predicted octanol–water partition coefficient (Wildman–Crippen LogP) is 0.900. The molecule has 0 saturated carbocycles. The van der Waals surface area contributed by atoms with E-state index < -0.39 is 0 Å². The summed E-state index contributed by atoms with van der Waals surface area (Å²) in [5.41, 5.74) is 1.16. The van der Waals surface area contributed by atoms with Crippen molar-refractivity contribution in [2.45, 2.75) is 12.5 Å². The number of rotatable bonds is 3. The van der Waals surface area contributed by atoms with Crippen molar-refractivity contribution in [3.05, 3.63) is 29.3 Å². The summed E-state index contributed by atoms with van der Waals surface area (Å²) < 4.78 is 10.5. The van der Waals surface area contributed by atoms with E-state index >= 15 is 0 Å². The van der Waals surface area contributed by atoms with E-state index in [1.165, 1.54) is 0 Å². The number of hydrogen-bond donors (Lipinski definition) is 1. The highest BCUT2D eigenvalue weighted by Gasteiger charge is 2.27. The Morgan fingerprint density at radius 2 is 2.29 bits per heavy atom. The number of ether oxygens (including phenoxy) is 2. The van der Waals surface area contributed by atoms with Crippen LogP contribution >= 0.6 is 0 Å². The first-order chi connectivity index (χ1) is 10.2. The lowest BCUT2D eigenvalue weighted by Gasteiger charge is -2.16. The Kier molecular flexibility index (Phi) is 5.20. The van der Waals surface area contributed by atoms with Crippen LogP contribution in [0.3, 0.4) is 0 Å². The Bertz CT molecular complexity index is 573. The van der Waals surface area contributed by atoms with Crippen LogP contribution in [-0.4, -0.2) is 55.9 Å². The van der Waals surface area contributed by atoms with Crippen molar-refractivity contribution >= 4 is 5.91 Å². The van der Waals surface area contributed by atoms with Gasteiger partial charge in [-0.15, -0.1) is 0 Å². The van der Waals surface area contributed by atoms with Gasteiger partial charge in [0.1, 0.15) is 12.4 Å². The second kappa shape index (κ2) is 7.11. The molecule has 1 amide bonds. The number of carbonyl (C=O) groups excluding carboxylic acids is 1. The largest absolute Gasteiger partial charge is 0.495 e. The topological polar surface area (TPSA) is 59.0 Å². The highest BCUT2D eigenvalue weighted by molar-refractivity contribution is 5.95. The van der Waals surface area contributed by atoms with Gasteiger partial charge in [-0.1, -0.05) is 11.8 Å². The fourth-order valence-corrected chi connectivity index (χ4v) is 2.36. The molecule has 0 bridgehead atoms. The smallest absolute Gasteiger partial charge is 0.253 e. The molecule has 0 radical (unpaired) electrons. The number of benzene rings is 1. The monoisotopic (exact) mass is 289 g/mol. The van der Waals surface area contributed by atoms with E-state index in [-0.39, 0.29) is 18.6 Å². The SMILES string of the molecule is COc1ccc(C(=O)N2CCC(OC)C2)cc1C#CCO. The summed E-state index contributed by atoms with van der Waals surface area (Å²) in [5, 5.41) is 8.80. The number of aliphatic hydroxyl groups excluding tert-OH is 1. The minimum absolute atomic E-state index is 0.0377. The van der Waals surface area contributed by atoms with Crippen LogP contribution in [0.1, 0.15) is 22.3 Å². The van der Waals surface area contributed by atoms with Crippen molar-refractivity contribution < 1.29 is 19.4 Å². The van der Waals surface area contributed by atoms with E-state index in [0.29, 0.717) is 30.0 Å². The van der Waals surface area contributed by atoms with Gasteiger partial charge in [-0.2, -0.15) is 0 Å². The predicted molar refractivity (Wildman–Crippen MR) is 78.3 cm³/mol. The molecule has 1 saturated heterocycles. The summed E-state index contributed by atoms with van der Waals surface area (Å²) >= 11 is 0. The molecular formula is C16H19NO4. The molecule has 1 fully saturated rings. The van der Waals surface area contributed by atoms with Crippen LogP contribution < -0.4 is 4.74 Å². The lowest BCUT2D eigenvalue weighted by Crippen LogP contribution is -2.30. The first-order valence-corrected chi connectivity index (χ1v) is 6.79. The summed E-state index contributed by atoms with van der Waals surface area (Å²) in [6.07, 6.45) is 0.969. The third-order valence-corrected chi connectivity index (χ3v) is 3.51. The zero-order chi connectivity index (χ0) is 15.2. The van der Waals surface area contributed by atoms with Crippen LogP contribution in [0.5, 0.6) is 5.75 Å². The van der Waals surface area contributed by atoms with Crippen LogP contribution in [-0.2, 0) is 4.74 Å². The Balaban J connectivity index is 2.22. The van der Waals surface area contributed by atoms with E-state index in [0.717, 1.165) is 6.42 Å². The van der Waals surface area contributed by atoms with Crippen molar-refractivity contribution in [3.63, 3.8) is 0 Å². The summed E-state index contributed by atoms with van der Waals surface area (Å²) in [6, 6.07) is 5.15. The molecule has 2 rings (SSSR count). The van der Waals surface area contributed by atoms with Gasteiger partial charge in [0.05, 0.1) is 18.8 Å². The van der Waals surface area contributed by atoms with E-state index in [9.17, 15) is 4.79 Å². The number of nitrogens with zero attached hydrogens (tertiary/aromatic N) is 1. The van der Waals surface area contributed by atoms with Gasteiger partial charge in [0.2, 0.25) is 0 Å². The first-order valence-electron chi connectivity index (χ1n) is 6.79. The second-order valence-electron chi connectivity index (χ2n) is 4.77. The molecule has 1 aliphatic heterocycles. The van der Waals surface area contributed by atoms with E-state index in [2.05, 4.69) is 11.8 Å². The minimum Gasteiger partial charge on any atom is -0.495 e. The van der Waals surface area contributed by atoms with Crippen LogP contribution in [0.15, 0.2) is 18.2 Å². The zero-order valence-corrected chi connectivity index (χ0v) is 12.3. The van der Waals surface area contributed by atoms with Crippen LogP contribution in [0.4, 0.5) is 0 Å². The molecule has 5 heteroatoms. The van der Waals surface area contributed by atoms with E-state index in [1.54, 1.807) is 37.3 Å². The minimum atomic E-state index is -0.233. The van der Waals surface area contributed by atoms with Crippen LogP contribution in [0.25, 0.3) is 0 Å². The third kappa shape index (κ3) is 3.54. The molecule has 1 heterocycles. The molecule has 112 valence electrons. The summed E-state index contributed by atoms with van der Waals surface area (Å²) in [4.78, 5) is 14.2. The summed E-state index contributed by atoms with van der Waals surface area (Å²) in [7, 11) is 3.21. The Hall–Kier alpha value is -2.03. The normalized spacial score (nSPS) is 17.3. The van der Waals surface area contributed by atoms with Gasteiger partial charge in [-0.25, -0.2) is 0 Å². The quantitative estimate of drug-likeness (QED) is 0.840. The van der Waals surface area contributed by atoms with Gasteiger partial charge in [0.25, 0.3) is 5.91 Å². The average Bonchev–Trinajstić information content (AvgIpc) is 3.00. The number of likely N-dealkylation sites (tertiary alicyclic amines) is 1. The number of methoxy groups -OCH3 is 2. The molecule has 1 aliphatic rings. The number of hydrogen-bond acceptors (Lipinski definition) is 4. The standard InChI is InChI=1S/C16H19NO4/c1-20-14-7-8-17(11-14)16(19)13-5-6-15(21-2)12(10-13)4-3-9-18/h5-6,10,14,18H,7-9,11H2,1-2H3. The van der Waals surface area contributed by atoms with E-state index in [1.807, 2.05) is 0 Å². The molecule has 0 aromatic heterocycles. The Morgan fingerprint density at radius 1 is 1.48 bits per heavy atom. The number of carbonyl (C=O) groups is 1. The van der Waals surface area contributed by atoms with Crippen LogP contribution in [0, 0.1) is 11.8 Å². The lowest BCUT2D eigenvalue weighted by molar-refractivity contribution is 0.0724. The maximum Gasteiger partial charge on any atom is 0.253 e. The fourth-order valence-electron chi connectivity index (χ4n) is 2.36. The molecule has 1 aromatic carbocycles. The third-order valence-electron chi connectivity index (χ3n) is 3.51. The molecule has 5 nitrogen and oxygen atoms in total. The average molecular weight is 289 g/mol. The zero-order valence-electron chi connectivity index (χ0n) is 12.3. The van der Waals surface area contributed by atoms with Crippen molar-refractivity contribution in [3.8, 4) is 17.6 Å². The van der Waals surface area contributed by atoms with Crippen molar-refractivity contribution in [2.24, 2.45) is 0 Å². The highest BCUT2D eigenvalue weighted by atomic mass is 16.5. The molecular weight excluding hydrogens is 270 g/mol.